The highest BCUT2D eigenvalue weighted by Crippen LogP contribution is 2.31. The lowest BCUT2D eigenvalue weighted by atomic mass is 10.0. The highest BCUT2D eigenvalue weighted by atomic mass is 79.9. The molecule has 2 heterocycles. The molecule has 1 amide bonds. The second-order valence-electron chi connectivity index (χ2n) is 5.07. The summed E-state index contributed by atoms with van der Waals surface area (Å²) in [6.45, 7) is 2.92. The Morgan fingerprint density at radius 2 is 2.14 bits per heavy atom. The molecule has 4 nitrogen and oxygen atoms in total. The Balaban J connectivity index is 1.92. The van der Waals surface area contributed by atoms with E-state index in [2.05, 4.69) is 21.1 Å². The summed E-state index contributed by atoms with van der Waals surface area (Å²) in [6.07, 6.45) is 0.672. The Labute approximate surface area is 130 Å². The van der Waals surface area contributed by atoms with Gasteiger partial charge in [0.2, 0.25) is 5.91 Å². The number of alkyl halides is 1. The summed E-state index contributed by atoms with van der Waals surface area (Å²) in [7, 11) is 0. The van der Waals surface area contributed by atoms with Gasteiger partial charge in [-0.15, -0.1) is 0 Å². The fraction of sp³-hybridized carbons (Fsp3) is 0.333. The zero-order valence-electron chi connectivity index (χ0n) is 11.5. The number of benzene rings is 1. The first kappa shape index (κ1) is 14.3. The molecular weight excluding hydrogens is 339 g/mol. The number of rotatable bonds is 2. The molecule has 1 unspecified atom stereocenters. The highest BCUT2D eigenvalue weighted by molar-refractivity contribution is 9.10. The molecule has 0 aliphatic carbocycles. The van der Waals surface area contributed by atoms with Crippen molar-refractivity contribution < 1.29 is 13.7 Å². The van der Waals surface area contributed by atoms with Gasteiger partial charge in [0.05, 0.1) is 17.1 Å². The zero-order chi connectivity index (χ0) is 15.0. The minimum atomic E-state index is -0.294. The Hall–Kier alpha value is -1.69. The first-order chi connectivity index (χ1) is 10.1. The van der Waals surface area contributed by atoms with Crippen LogP contribution >= 0.6 is 15.9 Å². The van der Waals surface area contributed by atoms with Crippen LogP contribution in [0.5, 0.6) is 0 Å². The van der Waals surface area contributed by atoms with E-state index in [-0.39, 0.29) is 16.6 Å². The quantitative estimate of drug-likeness (QED) is 0.780. The molecule has 21 heavy (non-hydrogen) atoms. The van der Waals surface area contributed by atoms with Crippen molar-refractivity contribution in [1.29, 1.82) is 0 Å². The Kier molecular flexibility index (Phi) is 3.80. The second kappa shape index (κ2) is 5.60. The molecule has 0 radical (unpaired) electrons. The van der Waals surface area contributed by atoms with E-state index < -0.39 is 0 Å². The monoisotopic (exact) mass is 352 g/mol. The number of amides is 1. The molecule has 3 rings (SSSR count). The first-order valence-electron chi connectivity index (χ1n) is 6.72. The van der Waals surface area contributed by atoms with Gasteiger partial charge in [-0.1, -0.05) is 21.1 Å². The summed E-state index contributed by atoms with van der Waals surface area (Å²) in [6, 6.07) is 6.08. The average molecular weight is 353 g/mol. The molecular formula is C15H14BrFN2O2. The molecule has 1 aromatic heterocycles. The number of aromatic nitrogens is 1. The largest absolute Gasteiger partial charge is 0.356 e. The summed E-state index contributed by atoms with van der Waals surface area (Å²) in [4.78, 5) is 13.7. The maximum absolute atomic E-state index is 13.0. The van der Waals surface area contributed by atoms with Crippen molar-refractivity contribution in [3.63, 3.8) is 0 Å². The summed E-state index contributed by atoms with van der Waals surface area (Å²) in [5.74, 6) is 0.369. The molecule has 1 atom stereocenters. The van der Waals surface area contributed by atoms with E-state index in [1.165, 1.54) is 12.1 Å². The summed E-state index contributed by atoms with van der Waals surface area (Å²) in [5.41, 5.74) is 2.56. The predicted molar refractivity (Wildman–Crippen MR) is 79.4 cm³/mol. The van der Waals surface area contributed by atoms with Crippen LogP contribution in [-0.4, -0.2) is 27.3 Å². The molecule has 1 aliphatic heterocycles. The maximum atomic E-state index is 13.0. The lowest BCUT2D eigenvalue weighted by molar-refractivity contribution is -0.131. The summed E-state index contributed by atoms with van der Waals surface area (Å²) in [5, 5.41) is 4.08. The SMILES string of the molecule is CC(Br)C(=O)N1CCc2noc(-c3ccc(F)cc3)c2C1. The van der Waals surface area contributed by atoms with Gasteiger partial charge >= 0.3 is 0 Å². The third-order valence-corrected chi connectivity index (χ3v) is 3.99. The van der Waals surface area contributed by atoms with Gasteiger partial charge in [0.25, 0.3) is 0 Å². The molecule has 0 spiro atoms. The Bertz CT molecular complexity index is 667. The molecule has 6 heteroatoms. The third-order valence-electron chi connectivity index (χ3n) is 3.60. The number of nitrogens with zero attached hydrogens (tertiary/aromatic N) is 2. The van der Waals surface area contributed by atoms with Crippen molar-refractivity contribution in [3.05, 3.63) is 41.3 Å². The van der Waals surface area contributed by atoms with Crippen molar-refractivity contribution in [2.45, 2.75) is 24.7 Å². The van der Waals surface area contributed by atoms with Gasteiger partial charge in [0, 0.05) is 24.1 Å². The number of hydrogen-bond donors (Lipinski definition) is 0. The summed E-state index contributed by atoms with van der Waals surface area (Å²) >= 11 is 3.31. The van der Waals surface area contributed by atoms with Gasteiger partial charge in [-0.25, -0.2) is 4.39 Å². The number of hydrogen-bond acceptors (Lipinski definition) is 3. The van der Waals surface area contributed by atoms with Crippen LogP contribution in [0.1, 0.15) is 18.2 Å². The molecule has 2 aromatic rings. The second-order valence-corrected chi connectivity index (χ2v) is 6.44. The molecule has 0 bridgehead atoms. The van der Waals surface area contributed by atoms with Crippen molar-refractivity contribution in [1.82, 2.24) is 10.1 Å². The van der Waals surface area contributed by atoms with E-state index in [0.717, 1.165) is 16.8 Å². The zero-order valence-corrected chi connectivity index (χ0v) is 13.1. The minimum absolute atomic E-state index is 0.0481. The van der Waals surface area contributed by atoms with E-state index in [4.69, 9.17) is 4.52 Å². The molecule has 1 aromatic carbocycles. The van der Waals surface area contributed by atoms with Crippen molar-refractivity contribution >= 4 is 21.8 Å². The lowest BCUT2D eigenvalue weighted by Crippen LogP contribution is -2.39. The van der Waals surface area contributed by atoms with Gasteiger partial charge in [0.15, 0.2) is 5.76 Å². The predicted octanol–water partition coefficient (Wildman–Crippen LogP) is 3.15. The number of halogens is 2. The van der Waals surface area contributed by atoms with Crippen LogP contribution in [0.25, 0.3) is 11.3 Å². The van der Waals surface area contributed by atoms with E-state index in [0.29, 0.717) is 25.3 Å². The molecule has 1 aliphatic rings. The summed E-state index contributed by atoms with van der Waals surface area (Å²) < 4.78 is 18.4. The molecule has 0 saturated carbocycles. The van der Waals surface area contributed by atoms with Crippen LogP contribution in [0.2, 0.25) is 0 Å². The molecule has 0 N–H and O–H groups in total. The van der Waals surface area contributed by atoms with Crippen LogP contribution < -0.4 is 0 Å². The minimum Gasteiger partial charge on any atom is -0.356 e. The number of carbonyl (C=O) groups is 1. The van der Waals surface area contributed by atoms with Crippen molar-refractivity contribution in [2.24, 2.45) is 0 Å². The average Bonchev–Trinajstić information content (AvgIpc) is 2.90. The normalized spacial score (nSPS) is 15.7. The van der Waals surface area contributed by atoms with Crippen molar-refractivity contribution in [2.75, 3.05) is 6.54 Å². The topological polar surface area (TPSA) is 46.3 Å². The van der Waals surface area contributed by atoms with E-state index >= 15 is 0 Å². The van der Waals surface area contributed by atoms with Gasteiger partial charge in [-0.3, -0.25) is 4.79 Å². The van der Waals surface area contributed by atoms with E-state index in [1.807, 2.05) is 6.92 Å². The first-order valence-corrected chi connectivity index (χ1v) is 7.64. The van der Waals surface area contributed by atoms with Gasteiger partial charge in [-0.2, -0.15) is 0 Å². The molecule has 0 saturated heterocycles. The fourth-order valence-corrected chi connectivity index (χ4v) is 2.77. The van der Waals surface area contributed by atoms with Crippen LogP contribution in [0.4, 0.5) is 4.39 Å². The van der Waals surface area contributed by atoms with Gasteiger partial charge in [-0.05, 0) is 31.2 Å². The molecule has 0 fully saturated rings. The third kappa shape index (κ3) is 2.72. The number of fused-ring (bicyclic) bond motifs is 1. The van der Waals surface area contributed by atoms with Gasteiger partial charge in [0.1, 0.15) is 5.82 Å². The van der Waals surface area contributed by atoms with Crippen LogP contribution in [-0.2, 0) is 17.8 Å². The van der Waals surface area contributed by atoms with Crippen LogP contribution in [0.15, 0.2) is 28.8 Å². The standard InChI is InChI=1S/C15H14BrFN2O2/c1-9(16)15(20)19-7-6-13-12(8-19)14(21-18-13)10-2-4-11(17)5-3-10/h2-5,9H,6-8H2,1H3. The maximum Gasteiger partial charge on any atom is 0.236 e. The number of carbonyl (C=O) groups excluding carboxylic acids is 1. The molecule has 110 valence electrons. The Morgan fingerprint density at radius 1 is 1.43 bits per heavy atom. The highest BCUT2D eigenvalue weighted by Gasteiger charge is 2.28. The smallest absolute Gasteiger partial charge is 0.236 e. The lowest BCUT2D eigenvalue weighted by Gasteiger charge is -2.27. The van der Waals surface area contributed by atoms with Crippen LogP contribution in [0.3, 0.4) is 0 Å². The van der Waals surface area contributed by atoms with Crippen LogP contribution in [0, 0.1) is 5.82 Å². The van der Waals surface area contributed by atoms with E-state index in [9.17, 15) is 9.18 Å². The Morgan fingerprint density at radius 3 is 2.81 bits per heavy atom. The van der Waals surface area contributed by atoms with Crippen molar-refractivity contribution in [3.8, 4) is 11.3 Å². The van der Waals surface area contributed by atoms with Gasteiger partial charge < -0.3 is 9.42 Å². The fourth-order valence-electron chi connectivity index (χ4n) is 2.48. The van der Waals surface area contributed by atoms with E-state index in [1.54, 1.807) is 17.0 Å².